The van der Waals surface area contributed by atoms with Crippen molar-refractivity contribution in [2.24, 2.45) is 0 Å². The summed E-state index contributed by atoms with van der Waals surface area (Å²) in [6.07, 6.45) is 1.39. The summed E-state index contributed by atoms with van der Waals surface area (Å²) in [5.41, 5.74) is 3.36. The Morgan fingerprint density at radius 3 is 2.07 bits per heavy atom. The quantitative estimate of drug-likeness (QED) is 0.180. The molecule has 0 aliphatic heterocycles. The van der Waals surface area contributed by atoms with E-state index >= 15 is 0 Å². The zero-order valence-electron chi connectivity index (χ0n) is 21.7. The highest BCUT2D eigenvalue weighted by Crippen LogP contribution is 2.24. The van der Waals surface area contributed by atoms with Gasteiger partial charge in [0.15, 0.2) is 6.04 Å². The molecule has 4 aromatic carbocycles. The van der Waals surface area contributed by atoms with Crippen LogP contribution in [0.25, 0.3) is 17.2 Å². The lowest BCUT2D eigenvalue weighted by Crippen LogP contribution is -2.46. The first-order valence-corrected chi connectivity index (χ1v) is 13.3. The number of benzene rings is 4. The van der Waals surface area contributed by atoms with Crippen LogP contribution in [0.3, 0.4) is 0 Å². The van der Waals surface area contributed by atoms with Gasteiger partial charge >= 0.3 is 5.97 Å². The van der Waals surface area contributed by atoms with Gasteiger partial charge in [0.05, 0.1) is 23.3 Å². The van der Waals surface area contributed by atoms with E-state index in [1.165, 1.54) is 12.1 Å². The molecule has 0 radical (unpaired) electrons. The molecule has 0 aliphatic rings. The van der Waals surface area contributed by atoms with Crippen LogP contribution in [0.15, 0.2) is 109 Å². The fourth-order valence-corrected chi connectivity index (χ4v) is 4.15. The zero-order chi connectivity index (χ0) is 29.2. The summed E-state index contributed by atoms with van der Waals surface area (Å²) in [5.74, 6) is -2.66. The smallest absolute Gasteiger partial charge is 0.328 e. The van der Waals surface area contributed by atoms with Crippen molar-refractivity contribution in [3.8, 4) is 11.1 Å². The third-order valence-corrected chi connectivity index (χ3v) is 6.74. The first-order chi connectivity index (χ1) is 19.8. The lowest BCUT2D eigenvalue weighted by Gasteiger charge is -2.17. The average Bonchev–Trinajstić information content (AvgIpc) is 2.99. The van der Waals surface area contributed by atoms with Crippen molar-refractivity contribution >= 4 is 47.1 Å². The molecule has 7 nitrogen and oxygen atoms in total. The molecule has 0 bridgehead atoms. The number of ether oxygens (including phenoxy) is 1. The second-order valence-electron chi connectivity index (χ2n) is 8.99. The van der Waals surface area contributed by atoms with Crippen LogP contribution in [-0.2, 0) is 20.9 Å². The van der Waals surface area contributed by atoms with Crippen molar-refractivity contribution in [2.45, 2.75) is 12.6 Å². The Morgan fingerprint density at radius 2 is 1.44 bits per heavy atom. The molecular weight excluding hydrogens is 563 g/mol. The van der Waals surface area contributed by atoms with Gasteiger partial charge in [0.1, 0.15) is 5.70 Å². The maximum Gasteiger partial charge on any atom is 0.328 e. The predicted molar refractivity (Wildman–Crippen MR) is 159 cm³/mol. The predicted octanol–water partition coefficient (Wildman–Crippen LogP) is 6.22. The van der Waals surface area contributed by atoms with Crippen molar-refractivity contribution < 1.29 is 24.2 Å². The third-order valence-electron chi connectivity index (χ3n) is 6.00. The summed E-state index contributed by atoms with van der Waals surface area (Å²) < 4.78 is 5.53. The lowest BCUT2D eigenvalue weighted by atomic mass is 10.0. The number of carbonyl (C=O) groups is 3. The van der Waals surface area contributed by atoms with Crippen molar-refractivity contribution in [1.82, 2.24) is 10.6 Å². The molecule has 3 N–H and O–H groups in total. The molecule has 0 fully saturated rings. The minimum Gasteiger partial charge on any atom is -0.480 e. The maximum absolute atomic E-state index is 13.3. The van der Waals surface area contributed by atoms with Gasteiger partial charge in [0.25, 0.3) is 11.8 Å². The Balaban J connectivity index is 1.52. The fourth-order valence-electron chi connectivity index (χ4n) is 3.85. The van der Waals surface area contributed by atoms with E-state index in [9.17, 15) is 19.5 Å². The summed E-state index contributed by atoms with van der Waals surface area (Å²) in [7, 11) is 0. The van der Waals surface area contributed by atoms with Gasteiger partial charge in [-0.2, -0.15) is 0 Å². The number of amides is 2. The Bertz CT molecular complexity index is 1540. The van der Waals surface area contributed by atoms with Gasteiger partial charge in [-0.15, -0.1) is 0 Å². The fraction of sp³-hybridized carbons (Fsp3) is 0.0938. The van der Waals surface area contributed by atoms with Gasteiger partial charge in [-0.3, -0.25) is 9.59 Å². The SMILES string of the molecule is O=C(N[C@@H](COCc1ccccc1)C(=O)O)/C(=C\c1ccc(Cl)c(Cl)c1)NC(=O)c1ccc(-c2ccccc2)cc1. The number of hydrogen-bond donors (Lipinski definition) is 3. The highest BCUT2D eigenvalue weighted by Gasteiger charge is 2.24. The molecule has 0 heterocycles. The number of rotatable bonds is 11. The van der Waals surface area contributed by atoms with Crippen LogP contribution in [0.5, 0.6) is 0 Å². The molecule has 208 valence electrons. The number of carboxylic acids is 1. The van der Waals surface area contributed by atoms with E-state index in [1.807, 2.05) is 60.7 Å². The Hall–Kier alpha value is -4.43. The molecule has 4 aromatic rings. The van der Waals surface area contributed by atoms with Crippen molar-refractivity contribution in [3.63, 3.8) is 0 Å². The number of carboxylic acid groups (broad SMARTS) is 1. The second kappa shape index (κ2) is 14.3. The van der Waals surface area contributed by atoms with Crippen molar-refractivity contribution in [2.75, 3.05) is 6.61 Å². The Labute approximate surface area is 247 Å². The Kier molecular flexibility index (Phi) is 10.3. The topological polar surface area (TPSA) is 105 Å². The number of hydrogen-bond acceptors (Lipinski definition) is 4. The van der Waals surface area contributed by atoms with Crippen LogP contribution >= 0.6 is 23.2 Å². The van der Waals surface area contributed by atoms with E-state index in [2.05, 4.69) is 10.6 Å². The minimum absolute atomic E-state index is 0.169. The average molecular weight is 589 g/mol. The zero-order valence-corrected chi connectivity index (χ0v) is 23.2. The molecule has 9 heteroatoms. The molecule has 0 unspecified atom stereocenters. The standard InChI is InChI=1S/C32H26Cl2N2O5/c33-26-16-11-22(17-27(26)34)18-28(31(38)36-29(32(39)40)20-41-19-21-7-3-1-4-8-21)35-30(37)25-14-12-24(13-15-25)23-9-5-2-6-10-23/h1-18,29H,19-20H2,(H,35,37)(H,36,38)(H,39,40)/b28-18+/t29-/m0/s1. The molecule has 2 amide bonds. The first kappa shape index (κ1) is 29.6. The molecule has 0 saturated carbocycles. The molecule has 41 heavy (non-hydrogen) atoms. The van der Waals surface area contributed by atoms with E-state index in [4.69, 9.17) is 27.9 Å². The van der Waals surface area contributed by atoms with Gasteiger partial charge < -0.3 is 20.5 Å². The number of aliphatic carboxylic acids is 1. The van der Waals surface area contributed by atoms with E-state index in [0.29, 0.717) is 16.1 Å². The molecule has 0 spiro atoms. The number of halogens is 2. The van der Waals surface area contributed by atoms with E-state index in [0.717, 1.165) is 16.7 Å². The highest BCUT2D eigenvalue weighted by atomic mass is 35.5. The molecule has 4 rings (SSSR count). The number of nitrogens with one attached hydrogen (secondary N) is 2. The monoisotopic (exact) mass is 588 g/mol. The van der Waals surface area contributed by atoms with Crippen molar-refractivity contribution in [3.05, 3.63) is 136 Å². The van der Waals surface area contributed by atoms with Crippen LogP contribution in [0.4, 0.5) is 0 Å². The number of carbonyl (C=O) groups excluding carboxylic acids is 2. The van der Waals surface area contributed by atoms with Crippen LogP contribution in [0.2, 0.25) is 10.0 Å². The van der Waals surface area contributed by atoms with E-state index in [1.54, 1.807) is 36.4 Å². The highest BCUT2D eigenvalue weighted by molar-refractivity contribution is 6.42. The lowest BCUT2D eigenvalue weighted by molar-refractivity contribution is -0.143. The van der Waals surface area contributed by atoms with E-state index in [-0.39, 0.29) is 23.9 Å². The summed E-state index contributed by atoms with van der Waals surface area (Å²) in [5, 5.41) is 15.3. The normalized spacial score (nSPS) is 11.9. The van der Waals surface area contributed by atoms with Gasteiger partial charge in [-0.05, 0) is 52.6 Å². The van der Waals surface area contributed by atoms with Crippen LogP contribution in [0.1, 0.15) is 21.5 Å². The van der Waals surface area contributed by atoms with Gasteiger partial charge in [0.2, 0.25) is 0 Å². The van der Waals surface area contributed by atoms with Gasteiger partial charge in [0, 0.05) is 5.56 Å². The van der Waals surface area contributed by atoms with Gasteiger partial charge in [-0.25, -0.2) is 4.79 Å². The minimum atomic E-state index is -1.37. The maximum atomic E-state index is 13.3. The summed E-state index contributed by atoms with van der Waals surface area (Å²) in [4.78, 5) is 38.3. The van der Waals surface area contributed by atoms with Gasteiger partial charge in [-0.1, -0.05) is 102 Å². The van der Waals surface area contributed by atoms with E-state index < -0.39 is 23.8 Å². The van der Waals surface area contributed by atoms with Crippen LogP contribution < -0.4 is 10.6 Å². The molecule has 1 atom stereocenters. The van der Waals surface area contributed by atoms with Crippen LogP contribution in [-0.4, -0.2) is 35.5 Å². The summed E-state index contributed by atoms with van der Waals surface area (Å²) in [6.45, 7) is -0.118. The first-order valence-electron chi connectivity index (χ1n) is 12.6. The molecular formula is C32H26Cl2N2O5. The molecule has 0 aliphatic carbocycles. The molecule has 0 saturated heterocycles. The third kappa shape index (κ3) is 8.53. The Morgan fingerprint density at radius 1 is 0.805 bits per heavy atom. The summed E-state index contributed by atoms with van der Waals surface area (Å²) >= 11 is 12.2. The second-order valence-corrected chi connectivity index (χ2v) is 9.81. The van der Waals surface area contributed by atoms with Crippen molar-refractivity contribution in [1.29, 1.82) is 0 Å². The summed E-state index contributed by atoms with van der Waals surface area (Å²) in [6, 6.07) is 29.1. The largest absolute Gasteiger partial charge is 0.480 e. The molecule has 0 aromatic heterocycles. The van der Waals surface area contributed by atoms with Crippen LogP contribution in [0, 0.1) is 0 Å².